The Labute approximate surface area is 118 Å². The Hall–Kier alpha value is -1.00. The number of hydrogen-bond acceptors (Lipinski definition) is 3. The second-order valence-electron chi connectivity index (χ2n) is 5.51. The summed E-state index contributed by atoms with van der Waals surface area (Å²) in [6.07, 6.45) is 3.78. The summed E-state index contributed by atoms with van der Waals surface area (Å²) in [6, 6.07) is 8.78. The van der Waals surface area contributed by atoms with E-state index in [0.29, 0.717) is 0 Å². The van der Waals surface area contributed by atoms with Gasteiger partial charge in [0.2, 0.25) is 5.91 Å². The molecule has 0 radical (unpaired) electrons. The van der Waals surface area contributed by atoms with Crippen molar-refractivity contribution in [1.29, 1.82) is 0 Å². The molecule has 1 aromatic rings. The minimum atomic E-state index is 0.122. The normalized spacial score (nSPS) is 29.8. The van der Waals surface area contributed by atoms with Gasteiger partial charge in [0.15, 0.2) is 0 Å². The van der Waals surface area contributed by atoms with Gasteiger partial charge in [-0.25, -0.2) is 0 Å². The maximum absolute atomic E-state index is 12.3. The second kappa shape index (κ2) is 5.55. The van der Waals surface area contributed by atoms with Crippen LogP contribution in [0.4, 0.5) is 0 Å². The van der Waals surface area contributed by atoms with Crippen LogP contribution in [-0.2, 0) is 4.79 Å². The highest BCUT2D eigenvalue weighted by atomic mass is 32.2. The van der Waals surface area contributed by atoms with Crippen LogP contribution in [0.15, 0.2) is 29.2 Å². The SMILES string of the molecule is NC1CCC(C(=O)NC2CCSc3ccccc32)C1. The number of amides is 1. The quantitative estimate of drug-likeness (QED) is 0.872. The van der Waals surface area contributed by atoms with Crippen LogP contribution in [-0.4, -0.2) is 17.7 Å². The van der Waals surface area contributed by atoms with E-state index in [-0.39, 0.29) is 23.9 Å². The first kappa shape index (κ1) is 13.0. The van der Waals surface area contributed by atoms with Gasteiger partial charge in [-0.3, -0.25) is 4.79 Å². The van der Waals surface area contributed by atoms with Crippen molar-refractivity contribution in [3.8, 4) is 0 Å². The lowest BCUT2D eigenvalue weighted by Crippen LogP contribution is -2.35. The zero-order chi connectivity index (χ0) is 13.2. The van der Waals surface area contributed by atoms with Crippen molar-refractivity contribution >= 4 is 17.7 Å². The van der Waals surface area contributed by atoms with Gasteiger partial charge < -0.3 is 11.1 Å². The minimum Gasteiger partial charge on any atom is -0.349 e. The van der Waals surface area contributed by atoms with Gasteiger partial charge in [-0.15, -0.1) is 11.8 Å². The monoisotopic (exact) mass is 276 g/mol. The highest BCUT2D eigenvalue weighted by Gasteiger charge is 2.30. The molecule has 0 spiro atoms. The minimum absolute atomic E-state index is 0.122. The molecule has 4 heteroatoms. The smallest absolute Gasteiger partial charge is 0.223 e. The van der Waals surface area contributed by atoms with Crippen LogP contribution < -0.4 is 11.1 Å². The summed E-state index contributed by atoms with van der Waals surface area (Å²) >= 11 is 1.88. The molecule has 0 saturated heterocycles. The van der Waals surface area contributed by atoms with Crippen molar-refractivity contribution in [2.24, 2.45) is 11.7 Å². The van der Waals surface area contributed by atoms with Crippen LogP contribution in [0, 0.1) is 5.92 Å². The highest BCUT2D eigenvalue weighted by Crippen LogP contribution is 2.36. The fourth-order valence-electron chi connectivity index (χ4n) is 3.04. The summed E-state index contributed by atoms with van der Waals surface area (Å²) in [7, 11) is 0. The van der Waals surface area contributed by atoms with Crippen LogP contribution in [0.3, 0.4) is 0 Å². The average Bonchev–Trinajstić information content (AvgIpc) is 2.86. The summed E-state index contributed by atoms with van der Waals surface area (Å²) in [4.78, 5) is 13.6. The molecule has 1 aliphatic heterocycles. The second-order valence-corrected chi connectivity index (χ2v) is 6.64. The predicted octanol–water partition coefficient (Wildman–Crippen LogP) is 2.47. The first-order valence-electron chi connectivity index (χ1n) is 7.01. The van der Waals surface area contributed by atoms with E-state index in [9.17, 15) is 4.79 Å². The Morgan fingerprint density at radius 3 is 2.89 bits per heavy atom. The molecule has 0 aromatic heterocycles. The molecule has 3 rings (SSSR count). The highest BCUT2D eigenvalue weighted by molar-refractivity contribution is 7.99. The number of thioether (sulfide) groups is 1. The number of hydrogen-bond donors (Lipinski definition) is 2. The first-order chi connectivity index (χ1) is 9.24. The van der Waals surface area contributed by atoms with E-state index in [0.717, 1.165) is 31.4 Å². The third-order valence-corrected chi connectivity index (χ3v) is 5.24. The zero-order valence-electron chi connectivity index (χ0n) is 11.0. The number of rotatable bonds is 2. The van der Waals surface area contributed by atoms with Crippen molar-refractivity contribution < 1.29 is 4.79 Å². The topological polar surface area (TPSA) is 55.1 Å². The average molecular weight is 276 g/mol. The molecule has 3 unspecified atom stereocenters. The molecule has 3 N–H and O–H groups in total. The van der Waals surface area contributed by atoms with Gasteiger partial charge in [-0.05, 0) is 37.3 Å². The van der Waals surface area contributed by atoms with E-state index in [1.807, 2.05) is 11.8 Å². The number of carbonyl (C=O) groups excluding carboxylic acids is 1. The third-order valence-electron chi connectivity index (χ3n) is 4.12. The molecular weight excluding hydrogens is 256 g/mol. The molecule has 1 saturated carbocycles. The zero-order valence-corrected chi connectivity index (χ0v) is 11.8. The summed E-state index contributed by atoms with van der Waals surface area (Å²) in [5.41, 5.74) is 7.16. The Morgan fingerprint density at radius 1 is 1.26 bits per heavy atom. The number of fused-ring (bicyclic) bond motifs is 1. The largest absolute Gasteiger partial charge is 0.349 e. The number of carbonyl (C=O) groups is 1. The van der Waals surface area contributed by atoms with Crippen LogP contribution in [0.25, 0.3) is 0 Å². The van der Waals surface area contributed by atoms with E-state index in [4.69, 9.17) is 5.73 Å². The standard InChI is InChI=1S/C15H20N2OS/c16-11-6-5-10(9-11)15(18)17-13-7-8-19-14-4-2-1-3-12(13)14/h1-4,10-11,13H,5-9,16H2,(H,17,18). The lowest BCUT2D eigenvalue weighted by atomic mass is 10.0. The van der Waals surface area contributed by atoms with Crippen molar-refractivity contribution in [2.75, 3.05) is 5.75 Å². The van der Waals surface area contributed by atoms with Gasteiger partial charge in [0, 0.05) is 22.6 Å². The maximum atomic E-state index is 12.3. The van der Waals surface area contributed by atoms with Gasteiger partial charge in [0.05, 0.1) is 6.04 Å². The van der Waals surface area contributed by atoms with E-state index in [1.54, 1.807) is 0 Å². The van der Waals surface area contributed by atoms with Gasteiger partial charge in [0.1, 0.15) is 0 Å². The van der Waals surface area contributed by atoms with E-state index < -0.39 is 0 Å². The van der Waals surface area contributed by atoms with Gasteiger partial charge >= 0.3 is 0 Å². The Balaban J connectivity index is 1.69. The third kappa shape index (κ3) is 2.79. The van der Waals surface area contributed by atoms with Gasteiger partial charge in [0.25, 0.3) is 0 Å². The molecule has 1 aromatic carbocycles. The fraction of sp³-hybridized carbons (Fsp3) is 0.533. The van der Waals surface area contributed by atoms with E-state index >= 15 is 0 Å². The predicted molar refractivity (Wildman–Crippen MR) is 78.0 cm³/mol. The molecule has 0 bridgehead atoms. The van der Waals surface area contributed by atoms with E-state index in [1.165, 1.54) is 10.5 Å². The number of nitrogens with two attached hydrogens (primary N) is 1. The molecule has 19 heavy (non-hydrogen) atoms. The lowest BCUT2D eigenvalue weighted by Gasteiger charge is -2.27. The molecule has 1 fully saturated rings. The molecule has 1 amide bonds. The summed E-state index contributed by atoms with van der Waals surface area (Å²) in [5.74, 6) is 1.39. The summed E-state index contributed by atoms with van der Waals surface area (Å²) in [5, 5.41) is 3.23. The maximum Gasteiger partial charge on any atom is 0.223 e. The summed E-state index contributed by atoms with van der Waals surface area (Å²) in [6.45, 7) is 0. The van der Waals surface area contributed by atoms with Crippen LogP contribution >= 0.6 is 11.8 Å². The lowest BCUT2D eigenvalue weighted by molar-refractivity contribution is -0.125. The van der Waals surface area contributed by atoms with Crippen LogP contribution in [0.1, 0.15) is 37.3 Å². The molecule has 2 aliphatic rings. The van der Waals surface area contributed by atoms with Crippen molar-refractivity contribution in [2.45, 2.75) is 42.7 Å². The Kier molecular flexibility index (Phi) is 3.80. The first-order valence-corrected chi connectivity index (χ1v) is 8.00. The van der Waals surface area contributed by atoms with Crippen LogP contribution in [0.5, 0.6) is 0 Å². The Morgan fingerprint density at radius 2 is 2.11 bits per heavy atom. The number of benzene rings is 1. The molecule has 1 heterocycles. The molecule has 3 atom stereocenters. The molecule has 3 nitrogen and oxygen atoms in total. The van der Waals surface area contributed by atoms with Crippen LogP contribution in [0.2, 0.25) is 0 Å². The summed E-state index contributed by atoms with van der Waals surface area (Å²) < 4.78 is 0. The number of nitrogens with one attached hydrogen (secondary N) is 1. The van der Waals surface area contributed by atoms with Crippen molar-refractivity contribution in [3.63, 3.8) is 0 Å². The van der Waals surface area contributed by atoms with Gasteiger partial charge in [-0.2, -0.15) is 0 Å². The molecular formula is C15H20N2OS. The van der Waals surface area contributed by atoms with Gasteiger partial charge in [-0.1, -0.05) is 18.2 Å². The van der Waals surface area contributed by atoms with Crippen molar-refractivity contribution in [3.05, 3.63) is 29.8 Å². The Bertz CT molecular complexity index is 477. The fourth-order valence-corrected chi connectivity index (χ4v) is 4.16. The molecule has 102 valence electrons. The van der Waals surface area contributed by atoms with E-state index in [2.05, 4.69) is 29.6 Å². The van der Waals surface area contributed by atoms with Crippen molar-refractivity contribution in [1.82, 2.24) is 5.32 Å². The molecule has 1 aliphatic carbocycles.